The first kappa shape index (κ1) is 17.3. The van der Waals surface area contributed by atoms with Gasteiger partial charge in [0.25, 0.3) is 0 Å². The topological polar surface area (TPSA) is 77.3 Å². The number of carbonyl (C=O) groups excluding carboxylic acids is 1. The molecule has 1 heterocycles. The number of ketones is 1. The average molecular weight is 363 g/mol. The second-order valence-corrected chi connectivity index (χ2v) is 6.47. The van der Waals surface area contributed by atoms with Crippen LogP contribution in [0.2, 0.25) is 0 Å². The normalized spacial score (nSPS) is 13.3. The molecule has 4 rings (SSSR count). The third-order valence-electron chi connectivity index (χ3n) is 4.60. The molecule has 1 aromatic heterocycles. The van der Waals surface area contributed by atoms with Crippen LogP contribution in [0.4, 0.5) is 5.69 Å². The van der Waals surface area contributed by atoms with Gasteiger partial charge < -0.3 is 14.6 Å². The number of nitrogens with one attached hydrogen (secondary N) is 1. The van der Waals surface area contributed by atoms with Gasteiger partial charge in [0.15, 0.2) is 5.78 Å². The fraction of sp³-hybridized carbons (Fsp3) is 0.286. The van der Waals surface area contributed by atoms with Crippen LogP contribution in [0.1, 0.15) is 41.6 Å². The second kappa shape index (κ2) is 7.61. The summed E-state index contributed by atoms with van der Waals surface area (Å²) in [6.45, 7) is 2.98. The van der Waals surface area contributed by atoms with Gasteiger partial charge in [0.1, 0.15) is 5.75 Å². The average Bonchev–Trinajstić information content (AvgIpc) is 3.17. The molecule has 0 spiro atoms. The highest BCUT2D eigenvalue weighted by Gasteiger charge is 2.17. The predicted octanol–water partition coefficient (Wildman–Crippen LogP) is 4.27. The highest BCUT2D eigenvalue weighted by Crippen LogP contribution is 2.25. The molecule has 1 aliphatic rings. The number of aryl methyl sites for hydroxylation is 1. The SMILES string of the molecule is CCOc1ccc(-c2noc(CNc3ccc4c(c3)C(=O)CCC4)n2)cc1. The van der Waals surface area contributed by atoms with E-state index in [-0.39, 0.29) is 5.78 Å². The Kier molecular flexibility index (Phi) is 4.87. The van der Waals surface area contributed by atoms with Crippen LogP contribution in [-0.2, 0) is 13.0 Å². The molecule has 0 saturated carbocycles. The maximum absolute atomic E-state index is 12.1. The van der Waals surface area contributed by atoms with Crippen molar-refractivity contribution in [2.75, 3.05) is 11.9 Å². The van der Waals surface area contributed by atoms with E-state index in [0.29, 0.717) is 31.3 Å². The molecule has 1 N–H and O–H groups in total. The minimum Gasteiger partial charge on any atom is -0.494 e. The number of rotatable bonds is 6. The number of ether oxygens (including phenoxy) is 1. The van der Waals surface area contributed by atoms with E-state index in [1.54, 1.807) is 0 Å². The quantitative estimate of drug-likeness (QED) is 0.705. The first-order valence-electron chi connectivity index (χ1n) is 9.19. The lowest BCUT2D eigenvalue weighted by molar-refractivity contribution is 0.0972. The van der Waals surface area contributed by atoms with E-state index in [1.165, 1.54) is 0 Å². The van der Waals surface area contributed by atoms with Gasteiger partial charge in [-0.15, -0.1) is 0 Å². The lowest BCUT2D eigenvalue weighted by atomic mass is 9.90. The van der Waals surface area contributed by atoms with Gasteiger partial charge in [0.2, 0.25) is 11.7 Å². The van der Waals surface area contributed by atoms with Crippen LogP contribution in [0.3, 0.4) is 0 Å². The van der Waals surface area contributed by atoms with Crippen molar-refractivity contribution in [3.63, 3.8) is 0 Å². The summed E-state index contributed by atoms with van der Waals surface area (Å²) in [5.41, 5.74) is 3.71. The molecule has 0 bridgehead atoms. The highest BCUT2D eigenvalue weighted by molar-refractivity contribution is 5.99. The van der Waals surface area contributed by atoms with Crippen LogP contribution >= 0.6 is 0 Å². The fourth-order valence-electron chi connectivity index (χ4n) is 3.23. The molecule has 0 fully saturated rings. The molecule has 0 unspecified atom stereocenters. The number of fused-ring (bicyclic) bond motifs is 1. The van der Waals surface area contributed by atoms with Crippen LogP contribution in [0.5, 0.6) is 5.75 Å². The maximum atomic E-state index is 12.1. The van der Waals surface area contributed by atoms with Crippen molar-refractivity contribution in [2.45, 2.75) is 32.7 Å². The van der Waals surface area contributed by atoms with Crippen molar-refractivity contribution in [1.29, 1.82) is 0 Å². The number of hydrogen-bond acceptors (Lipinski definition) is 6. The van der Waals surface area contributed by atoms with Crippen molar-refractivity contribution in [3.8, 4) is 17.1 Å². The third kappa shape index (κ3) is 3.84. The number of aromatic nitrogens is 2. The van der Waals surface area contributed by atoms with E-state index in [0.717, 1.165) is 41.0 Å². The molecule has 0 atom stereocenters. The summed E-state index contributed by atoms with van der Waals surface area (Å²) in [6, 6.07) is 13.5. The molecule has 138 valence electrons. The van der Waals surface area contributed by atoms with Crippen molar-refractivity contribution in [1.82, 2.24) is 10.1 Å². The molecule has 3 aromatic rings. The second-order valence-electron chi connectivity index (χ2n) is 6.47. The monoisotopic (exact) mass is 363 g/mol. The number of Topliss-reactive ketones (excluding diaryl/α,β-unsaturated/α-hetero) is 1. The molecule has 27 heavy (non-hydrogen) atoms. The van der Waals surface area contributed by atoms with E-state index < -0.39 is 0 Å². The zero-order valence-corrected chi connectivity index (χ0v) is 15.2. The van der Waals surface area contributed by atoms with Gasteiger partial charge in [0.05, 0.1) is 13.2 Å². The summed E-state index contributed by atoms with van der Waals surface area (Å²) in [5, 5.41) is 7.29. The summed E-state index contributed by atoms with van der Waals surface area (Å²) in [7, 11) is 0. The van der Waals surface area contributed by atoms with Gasteiger partial charge in [-0.25, -0.2) is 0 Å². The molecule has 0 aliphatic heterocycles. The smallest absolute Gasteiger partial charge is 0.246 e. The zero-order valence-electron chi connectivity index (χ0n) is 15.2. The van der Waals surface area contributed by atoms with Crippen LogP contribution in [0.15, 0.2) is 47.0 Å². The third-order valence-corrected chi connectivity index (χ3v) is 4.60. The van der Waals surface area contributed by atoms with E-state index in [1.807, 2.05) is 49.4 Å². The van der Waals surface area contributed by atoms with Crippen LogP contribution in [0, 0.1) is 0 Å². The van der Waals surface area contributed by atoms with Gasteiger partial charge in [-0.3, -0.25) is 4.79 Å². The Hall–Kier alpha value is -3.15. The standard InChI is InChI=1S/C21H21N3O3/c1-2-26-17-10-7-15(8-11-17)21-23-20(27-24-21)13-22-16-9-6-14-4-3-5-19(25)18(14)12-16/h6-12,22H,2-5,13H2,1H3. The summed E-state index contributed by atoms with van der Waals surface area (Å²) >= 11 is 0. The zero-order chi connectivity index (χ0) is 18.6. The Morgan fingerprint density at radius 1 is 1.15 bits per heavy atom. The summed E-state index contributed by atoms with van der Waals surface area (Å²) in [6.07, 6.45) is 2.54. The number of carbonyl (C=O) groups is 1. The number of hydrogen-bond donors (Lipinski definition) is 1. The summed E-state index contributed by atoms with van der Waals surface area (Å²) in [4.78, 5) is 16.5. The van der Waals surface area contributed by atoms with E-state index in [9.17, 15) is 4.79 Å². The first-order valence-corrected chi connectivity index (χ1v) is 9.19. The Labute approximate surface area is 157 Å². The molecule has 2 aromatic carbocycles. The number of anilines is 1. The van der Waals surface area contributed by atoms with Crippen molar-refractivity contribution < 1.29 is 14.1 Å². The van der Waals surface area contributed by atoms with Gasteiger partial charge >= 0.3 is 0 Å². The van der Waals surface area contributed by atoms with E-state index >= 15 is 0 Å². The molecular weight excluding hydrogens is 342 g/mol. The first-order chi connectivity index (χ1) is 13.2. The Morgan fingerprint density at radius 3 is 2.81 bits per heavy atom. The molecule has 0 radical (unpaired) electrons. The molecule has 1 aliphatic carbocycles. The maximum Gasteiger partial charge on any atom is 0.246 e. The van der Waals surface area contributed by atoms with Crippen LogP contribution in [-0.4, -0.2) is 22.5 Å². The molecular formula is C21H21N3O3. The number of benzene rings is 2. The van der Waals surface area contributed by atoms with Crippen molar-refractivity contribution >= 4 is 11.5 Å². The van der Waals surface area contributed by atoms with Gasteiger partial charge in [0, 0.05) is 23.2 Å². The van der Waals surface area contributed by atoms with E-state index in [4.69, 9.17) is 9.26 Å². The molecule has 0 amide bonds. The largest absolute Gasteiger partial charge is 0.494 e. The summed E-state index contributed by atoms with van der Waals surface area (Å²) in [5.74, 6) is 2.06. The van der Waals surface area contributed by atoms with Gasteiger partial charge in [-0.05, 0) is 61.7 Å². The predicted molar refractivity (Wildman–Crippen MR) is 102 cm³/mol. The minimum absolute atomic E-state index is 0.218. The van der Waals surface area contributed by atoms with Crippen molar-refractivity contribution in [3.05, 3.63) is 59.5 Å². The fourth-order valence-corrected chi connectivity index (χ4v) is 3.23. The highest BCUT2D eigenvalue weighted by atomic mass is 16.5. The Bertz CT molecular complexity index is 948. The lowest BCUT2D eigenvalue weighted by Gasteiger charge is -2.15. The van der Waals surface area contributed by atoms with E-state index in [2.05, 4.69) is 15.5 Å². The van der Waals surface area contributed by atoms with Crippen molar-refractivity contribution in [2.24, 2.45) is 0 Å². The minimum atomic E-state index is 0.218. The van der Waals surface area contributed by atoms with Gasteiger partial charge in [-0.1, -0.05) is 11.2 Å². The molecule has 0 saturated heterocycles. The van der Waals surface area contributed by atoms with Crippen LogP contribution < -0.4 is 10.1 Å². The number of nitrogens with zero attached hydrogens (tertiary/aromatic N) is 2. The summed E-state index contributed by atoms with van der Waals surface area (Å²) < 4.78 is 10.8. The molecule has 6 nitrogen and oxygen atoms in total. The lowest BCUT2D eigenvalue weighted by Crippen LogP contribution is -2.11. The Morgan fingerprint density at radius 2 is 2.00 bits per heavy atom. The van der Waals surface area contributed by atoms with Crippen LogP contribution in [0.25, 0.3) is 11.4 Å². The Balaban J connectivity index is 1.42. The van der Waals surface area contributed by atoms with Gasteiger partial charge in [-0.2, -0.15) is 4.98 Å². The molecule has 6 heteroatoms.